The summed E-state index contributed by atoms with van der Waals surface area (Å²) in [5.41, 5.74) is 1.69. The number of anilines is 1. The molecule has 2 heterocycles. The van der Waals surface area contributed by atoms with Crippen molar-refractivity contribution >= 4 is 56.1 Å². The molecule has 9 heteroatoms. The lowest BCUT2D eigenvalue weighted by Gasteiger charge is -2.27. The molecule has 0 amide bonds. The first kappa shape index (κ1) is 19.8. The van der Waals surface area contributed by atoms with Gasteiger partial charge < -0.3 is 14.5 Å². The maximum atomic E-state index is 12.4. The highest BCUT2D eigenvalue weighted by atomic mass is 35.5. The molecule has 0 saturated carbocycles. The van der Waals surface area contributed by atoms with Gasteiger partial charge in [-0.3, -0.25) is 0 Å². The number of thiocarbonyl (C=S) groups is 1. The van der Waals surface area contributed by atoms with Crippen molar-refractivity contribution in [3.8, 4) is 5.75 Å². The van der Waals surface area contributed by atoms with Crippen LogP contribution in [0.5, 0.6) is 5.75 Å². The summed E-state index contributed by atoms with van der Waals surface area (Å²) in [6, 6.07) is 12.4. The van der Waals surface area contributed by atoms with Crippen molar-refractivity contribution in [3.05, 3.63) is 58.1 Å². The number of rotatable bonds is 4. The van der Waals surface area contributed by atoms with Gasteiger partial charge in [0.2, 0.25) is 0 Å². The first-order chi connectivity index (χ1) is 13.3. The number of sulfone groups is 1. The third kappa shape index (κ3) is 3.45. The number of fused-ring (bicyclic) bond motifs is 1. The molecule has 28 heavy (non-hydrogen) atoms. The Morgan fingerprint density at radius 3 is 2.54 bits per heavy atom. The summed E-state index contributed by atoms with van der Waals surface area (Å²) >= 11 is 17.9. The molecule has 2 aliphatic heterocycles. The molecular formula is C19H18Cl2N2O3S2. The zero-order valence-electron chi connectivity index (χ0n) is 15.0. The normalized spacial score (nSPS) is 23.2. The zero-order chi connectivity index (χ0) is 20.1. The fraction of sp³-hybridized carbons (Fsp3) is 0.316. The summed E-state index contributed by atoms with van der Waals surface area (Å²) < 4.78 is 30.3. The Balaban J connectivity index is 1.73. The fourth-order valence-corrected chi connectivity index (χ4v) is 6.61. The number of hydrogen-bond donors (Lipinski definition) is 0. The molecule has 2 fully saturated rings. The molecular weight excluding hydrogens is 439 g/mol. The van der Waals surface area contributed by atoms with Gasteiger partial charge in [-0.25, -0.2) is 8.42 Å². The van der Waals surface area contributed by atoms with E-state index in [9.17, 15) is 8.42 Å². The smallest absolute Gasteiger partial charge is 0.177 e. The Morgan fingerprint density at radius 2 is 1.82 bits per heavy atom. The van der Waals surface area contributed by atoms with Gasteiger partial charge in [0.15, 0.2) is 14.9 Å². The Hall–Kier alpha value is -1.54. The summed E-state index contributed by atoms with van der Waals surface area (Å²) in [7, 11) is -1.57. The monoisotopic (exact) mass is 456 g/mol. The van der Waals surface area contributed by atoms with Crippen LogP contribution in [-0.2, 0) is 16.4 Å². The number of halogens is 2. The second-order valence-electron chi connectivity index (χ2n) is 6.91. The lowest BCUT2D eigenvalue weighted by molar-refractivity contribution is 0.350. The van der Waals surface area contributed by atoms with E-state index in [1.807, 2.05) is 40.1 Å². The largest absolute Gasteiger partial charge is 0.495 e. The number of methoxy groups -OCH3 is 1. The van der Waals surface area contributed by atoms with Crippen LogP contribution >= 0.6 is 35.4 Å². The first-order valence-electron chi connectivity index (χ1n) is 8.68. The SMILES string of the molecule is COc1ccccc1N1C(=S)N(Cc2ccc(Cl)c(Cl)c2)C2CS(=O)(=O)CC21. The predicted molar refractivity (Wildman–Crippen MR) is 116 cm³/mol. The lowest BCUT2D eigenvalue weighted by atomic mass is 10.1. The molecule has 0 N–H and O–H groups in total. The van der Waals surface area contributed by atoms with Gasteiger partial charge in [0, 0.05) is 6.54 Å². The minimum Gasteiger partial charge on any atom is -0.495 e. The van der Waals surface area contributed by atoms with E-state index < -0.39 is 9.84 Å². The van der Waals surface area contributed by atoms with Crippen molar-refractivity contribution in [2.75, 3.05) is 23.5 Å². The van der Waals surface area contributed by atoms with Crippen molar-refractivity contribution in [3.63, 3.8) is 0 Å². The van der Waals surface area contributed by atoms with Crippen LogP contribution in [0.2, 0.25) is 10.0 Å². The van der Waals surface area contributed by atoms with Crippen LogP contribution in [0.1, 0.15) is 5.56 Å². The minimum absolute atomic E-state index is 0.0632. The average Bonchev–Trinajstić information content (AvgIpc) is 3.09. The van der Waals surface area contributed by atoms with Crippen LogP contribution in [-0.4, -0.2) is 49.1 Å². The van der Waals surface area contributed by atoms with Crippen LogP contribution in [0.15, 0.2) is 42.5 Å². The molecule has 0 aliphatic carbocycles. The number of para-hydroxylation sites is 2. The van der Waals surface area contributed by atoms with E-state index in [1.165, 1.54) is 0 Å². The van der Waals surface area contributed by atoms with Crippen molar-refractivity contribution in [1.29, 1.82) is 0 Å². The Bertz CT molecular complexity index is 1050. The average molecular weight is 457 g/mol. The van der Waals surface area contributed by atoms with Crippen molar-refractivity contribution < 1.29 is 13.2 Å². The molecule has 5 nitrogen and oxygen atoms in total. The molecule has 0 radical (unpaired) electrons. The highest BCUT2D eigenvalue weighted by Gasteiger charge is 2.52. The maximum absolute atomic E-state index is 12.4. The molecule has 2 aromatic rings. The highest BCUT2D eigenvalue weighted by molar-refractivity contribution is 7.91. The predicted octanol–water partition coefficient (Wildman–Crippen LogP) is 3.77. The first-order valence-corrected chi connectivity index (χ1v) is 11.7. The molecule has 2 atom stereocenters. The van der Waals surface area contributed by atoms with Crippen LogP contribution in [0.4, 0.5) is 5.69 Å². The third-order valence-electron chi connectivity index (χ3n) is 5.16. The summed E-state index contributed by atoms with van der Waals surface area (Å²) in [6.45, 7) is 0.456. The van der Waals surface area contributed by atoms with Crippen molar-refractivity contribution in [2.45, 2.75) is 18.6 Å². The van der Waals surface area contributed by atoms with Crippen LogP contribution in [0, 0.1) is 0 Å². The number of nitrogens with zero attached hydrogens (tertiary/aromatic N) is 2. The van der Waals surface area contributed by atoms with E-state index in [0.29, 0.717) is 27.5 Å². The highest BCUT2D eigenvalue weighted by Crippen LogP contribution is 2.40. The van der Waals surface area contributed by atoms with E-state index in [-0.39, 0.29) is 23.6 Å². The van der Waals surface area contributed by atoms with Gasteiger partial charge in [0.1, 0.15) is 5.75 Å². The van der Waals surface area contributed by atoms with E-state index in [4.69, 9.17) is 40.2 Å². The van der Waals surface area contributed by atoms with Crippen LogP contribution in [0.3, 0.4) is 0 Å². The van der Waals surface area contributed by atoms with Gasteiger partial charge in [0.05, 0.1) is 46.4 Å². The lowest BCUT2D eigenvalue weighted by Crippen LogP contribution is -2.37. The summed E-state index contributed by atoms with van der Waals surface area (Å²) in [5, 5.41) is 1.52. The molecule has 2 aromatic carbocycles. The van der Waals surface area contributed by atoms with Crippen molar-refractivity contribution in [1.82, 2.24) is 4.90 Å². The van der Waals surface area contributed by atoms with Crippen LogP contribution in [0.25, 0.3) is 0 Å². The topological polar surface area (TPSA) is 49.9 Å². The molecule has 4 rings (SSSR count). The van der Waals surface area contributed by atoms with Gasteiger partial charge in [-0.15, -0.1) is 0 Å². The Labute approximate surface area is 179 Å². The van der Waals surface area contributed by atoms with Crippen molar-refractivity contribution in [2.24, 2.45) is 0 Å². The zero-order valence-corrected chi connectivity index (χ0v) is 18.2. The van der Waals surface area contributed by atoms with Gasteiger partial charge >= 0.3 is 0 Å². The van der Waals surface area contributed by atoms with Crippen LogP contribution < -0.4 is 9.64 Å². The second-order valence-corrected chi connectivity index (χ2v) is 10.2. The molecule has 0 spiro atoms. The Kier molecular flexibility index (Phi) is 5.20. The number of hydrogen-bond acceptors (Lipinski definition) is 4. The summed E-state index contributed by atoms with van der Waals surface area (Å²) in [6.07, 6.45) is 0. The quantitative estimate of drug-likeness (QED) is 0.652. The summed E-state index contributed by atoms with van der Waals surface area (Å²) in [4.78, 5) is 3.89. The molecule has 0 bridgehead atoms. The van der Waals surface area contributed by atoms with E-state index in [2.05, 4.69) is 0 Å². The number of ether oxygens (including phenoxy) is 1. The molecule has 2 unspecified atom stereocenters. The second kappa shape index (κ2) is 7.37. The standard InChI is InChI=1S/C19H18Cl2N2O3S2/c1-26-18-5-3-2-4-15(18)23-17-11-28(24,25)10-16(17)22(19(23)27)9-12-6-7-13(20)14(21)8-12/h2-8,16-17H,9-11H2,1H3. The minimum atomic E-state index is -3.16. The van der Waals surface area contributed by atoms with Gasteiger partial charge in [-0.1, -0.05) is 41.4 Å². The van der Waals surface area contributed by atoms with Gasteiger partial charge in [-0.2, -0.15) is 0 Å². The van der Waals surface area contributed by atoms with Gasteiger partial charge in [0.25, 0.3) is 0 Å². The maximum Gasteiger partial charge on any atom is 0.177 e. The summed E-state index contributed by atoms with van der Waals surface area (Å²) in [5.74, 6) is 0.794. The molecule has 2 saturated heterocycles. The van der Waals surface area contributed by atoms with E-state index in [1.54, 1.807) is 19.2 Å². The van der Waals surface area contributed by atoms with E-state index >= 15 is 0 Å². The number of benzene rings is 2. The molecule has 148 valence electrons. The Morgan fingerprint density at radius 1 is 1.11 bits per heavy atom. The third-order valence-corrected chi connectivity index (χ3v) is 8.03. The van der Waals surface area contributed by atoms with Gasteiger partial charge in [-0.05, 0) is 42.0 Å². The molecule has 0 aromatic heterocycles. The molecule has 2 aliphatic rings. The fourth-order valence-electron chi connectivity index (χ4n) is 3.91. The van der Waals surface area contributed by atoms with E-state index in [0.717, 1.165) is 11.3 Å².